The topological polar surface area (TPSA) is 53.8 Å². The molecule has 2 aromatic heterocycles. The summed E-state index contributed by atoms with van der Waals surface area (Å²) in [5, 5.41) is 6.89. The second-order valence-electron chi connectivity index (χ2n) is 8.25. The number of carbonyl (C=O) groups is 1. The number of hydrogen-bond acceptors (Lipinski definition) is 6. The number of amides is 1. The van der Waals surface area contributed by atoms with Crippen LogP contribution in [0.3, 0.4) is 0 Å². The molecule has 1 aliphatic rings. The minimum Gasteiger partial charge on any atom is -0.383 e. The van der Waals surface area contributed by atoms with Gasteiger partial charge in [0.2, 0.25) is 0 Å². The summed E-state index contributed by atoms with van der Waals surface area (Å²) in [6, 6.07) is 14.1. The van der Waals surface area contributed by atoms with Gasteiger partial charge in [0.05, 0.1) is 29.4 Å². The van der Waals surface area contributed by atoms with Gasteiger partial charge >= 0.3 is 0 Å². The number of benzene rings is 1. The summed E-state index contributed by atoms with van der Waals surface area (Å²) in [6.07, 6.45) is 0. The molecule has 0 unspecified atom stereocenters. The summed E-state index contributed by atoms with van der Waals surface area (Å²) in [5.41, 5.74) is 3.09. The van der Waals surface area contributed by atoms with E-state index in [0.29, 0.717) is 19.7 Å². The van der Waals surface area contributed by atoms with Crippen LogP contribution in [0.1, 0.15) is 27.9 Å². The molecule has 8 heteroatoms. The average Bonchev–Trinajstić information content (AvgIpc) is 3.50. The Labute approximate surface area is 200 Å². The maximum Gasteiger partial charge on any atom is 0.264 e. The molecule has 0 radical (unpaired) electrons. The number of thiophene rings is 1. The van der Waals surface area contributed by atoms with E-state index in [0.717, 1.165) is 60.4 Å². The third-order valence-electron chi connectivity index (χ3n) is 6.21. The van der Waals surface area contributed by atoms with E-state index in [4.69, 9.17) is 9.84 Å². The van der Waals surface area contributed by atoms with Crippen molar-refractivity contribution < 1.29 is 9.53 Å². The number of nitrogens with zero attached hydrogens (tertiary/aromatic N) is 5. The van der Waals surface area contributed by atoms with Crippen molar-refractivity contribution in [2.45, 2.75) is 20.4 Å². The van der Waals surface area contributed by atoms with Crippen molar-refractivity contribution in [2.24, 2.45) is 0 Å². The molecule has 0 spiro atoms. The summed E-state index contributed by atoms with van der Waals surface area (Å²) in [6.45, 7) is 10.8. The van der Waals surface area contributed by atoms with Crippen LogP contribution in [0.5, 0.6) is 0 Å². The third kappa shape index (κ3) is 5.29. The summed E-state index contributed by atoms with van der Waals surface area (Å²) in [5.74, 6) is 1.13. The van der Waals surface area contributed by atoms with Crippen LogP contribution < -0.4 is 4.90 Å². The largest absolute Gasteiger partial charge is 0.383 e. The fourth-order valence-corrected chi connectivity index (χ4v) is 4.97. The lowest BCUT2D eigenvalue weighted by Gasteiger charge is -2.36. The number of likely N-dealkylation sites (N-methyl/N-ethyl adjacent to an activating group) is 1. The Hall–Kier alpha value is -2.68. The maximum atomic E-state index is 13.3. The summed E-state index contributed by atoms with van der Waals surface area (Å²) < 4.78 is 7.38. The van der Waals surface area contributed by atoms with Crippen molar-refractivity contribution in [3.05, 3.63) is 64.0 Å². The van der Waals surface area contributed by atoms with Crippen LogP contribution in [0.25, 0.3) is 5.69 Å². The van der Waals surface area contributed by atoms with Gasteiger partial charge in [-0.15, -0.1) is 11.3 Å². The van der Waals surface area contributed by atoms with Gasteiger partial charge in [-0.05, 0) is 37.0 Å². The summed E-state index contributed by atoms with van der Waals surface area (Å²) >= 11 is 1.48. The fourth-order valence-electron chi connectivity index (χ4n) is 4.28. The molecule has 0 bridgehead atoms. The van der Waals surface area contributed by atoms with E-state index in [-0.39, 0.29) is 5.91 Å². The Morgan fingerprint density at radius 1 is 1.12 bits per heavy atom. The fraction of sp³-hybridized carbons (Fsp3) is 0.440. The Bertz CT molecular complexity index is 1030. The van der Waals surface area contributed by atoms with Crippen molar-refractivity contribution in [3.63, 3.8) is 0 Å². The highest BCUT2D eigenvalue weighted by molar-refractivity contribution is 7.12. The normalized spacial score (nSPS) is 14.6. The minimum absolute atomic E-state index is 0.0377. The summed E-state index contributed by atoms with van der Waals surface area (Å²) in [7, 11) is 1.67. The number of para-hydroxylation sites is 1. The Morgan fingerprint density at radius 2 is 1.88 bits per heavy atom. The highest BCUT2D eigenvalue weighted by Crippen LogP contribution is 2.30. The first-order valence-electron chi connectivity index (χ1n) is 11.5. The number of ether oxygens (including phenoxy) is 1. The van der Waals surface area contributed by atoms with E-state index in [9.17, 15) is 4.79 Å². The average molecular weight is 468 g/mol. The van der Waals surface area contributed by atoms with Crippen molar-refractivity contribution in [1.82, 2.24) is 19.6 Å². The number of piperazine rings is 1. The molecule has 7 nitrogen and oxygen atoms in total. The molecule has 3 heterocycles. The molecule has 0 N–H and O–H groups in total. The molecule has 33 heavy (non-hydrogen) atoms. The van der Waals surface area contributed by atoms with Crippen LogP contribution in [-0.4, -0.2) is 78.5 Å². The lowest BCUT2D eigenvalue weighted by molar-refractivity contribution is 0.0685. The molecule has 4 rings (SSSR count). The zero-order valence-electron chi connectivity index (χ0n) is 19.7. The zero-order valence-corrected chi connectivity index (χ0v) is 20.6. The molecule has 176 valence electrons. The second-order valence-corrected chi connectivity index (χ2v) is 9.20. The second kappa shape index (κ2) is 11.0. The predicted octanol–water partition coefficient (Wildman–Crippen LogP) is 3.67. The molecule has 1 aliphatic heterocycles. The molecular formula is C25H33N5O2S. The van der Waals surface area contributed by atoms with Crippen molar-refractivity contribution >= 4 is 23.1 Å². The standard InChI is InChI=1S/C25H33N5O2S/c1-4-27-12-14-28(15-13-27)24-22(20(2)26-30(24)21-9-6-5-7-10-21)19-29(16-17-32-3)25(31)23-11-8-18-33-23/h5-11,18H,4,12-17,19H2,1-3H3. The number of rotatable bonds is 9. The number of anilines is 1. The first-order chi connectivity index (χ1) is 16.1. The van der Waals surface area contributed by atoms with Crippen molar-refractivity contribution in [2.75, 3.05) is 57.9 Å². The molecule has 1 amide bonds. The number of carbonyl (C=O) groups excluding carboxylic acids is 1. The molecule has 1 fully saturated rings. The van der Waals surface area contributed by atoms with Gasteiger partial charge in [-0.1, -0.05) is 31.2 Å². The lowest BCUT2D eigenvalue weighted by atomic mass is 10.1. The van der Waals surface area contributed by atoms with Crippen LogP contribution in [-0.2, 0) is 11.3 Å². The van der Waals surface area contributed by atoms with Gasteiger partial charge in [0.25, 0.3) is 5.91 Å². The quantitative estimate of drug-likeness (QED) is 0.481. The molecule has 3 aromatic rings. The van der Waals surface area contributed by atoms with Gasteiger partial charge in [0.15, 0.2) is 0 Å². The van der Waals surface area contributed by atoms with Gasteiger partial charge in [-0.2, -0.15) is 5.10 Å². The lowest BCUT2D eigenvalue weighted by Crippen LogP contribution is -2.47. The van der Waals surface area contributed by atoms with Crippen LogP contribution in [0.15, 0.2) is 47.8 Å². The number of methoxy groups -OCH3 is 1. The highest BCUT2D eigenvalue weighted by Gasteiger charge is 2.28. The smallest absolute Gasteiger partial charge is 0.264 e. The predicted molar refractivity (Wildman–Crippen MR) is 134 cm³/mol. The van der Waals surface area contributed by atoms with E-state index in [1.807, 2.05) is 47.5 Å². The van der Waals surface area contributed by atoms with Crippen LogP contribution >= 0.6 is 11.3 Å². The molecule has 0 saturated carbocycles. The van der Waals surface area contributed by atoms with E-state index < -0.39 is 0 Å². The maximum absolute atomic E-state index is 13.3. The first-order valence-corrected chi connectivity index (χ1v) is 12.4. The van der Waals surface area contributed by atoms with E-state index in [1.54, 1.807) is 7.11 Å². The van der Waals surface area contributed by atoms with Crippen molar-refractivity contribution in [1.29, 1.82) is 0 Å². The molecule has 1 aromatic carbocycles. The molecular weight excluding hydrogens is 434 g/mol. The highest BCUT2D eigenvalue weighted by atomic mass is 32.1. The van der Waals surface area contributed by atoms with Gasteiger partial charge in [0, 0.05) is 45.4 Å². The minimum atomic E-state index is 0.0377. The van der Waals surface area contributed by atoms with Gasteiger partial charge in [-0.25, -0.2) is 4.68 Å². The van der Waals surface area contributed by atoms with Crippen LogP contribution in [0.2, 0.25) is 0 Å². The van der Waals surface area contributed by atoms with Crippen molar-refractivity contribution in [3.8, 4) is 5.69 Å². The van der Waals surface area contributed by atoms with Crippen LogP contribution in [0, 0.1) is 6.92 Å². The Morgan fingerprint density at radius 3 is 2.52 bits per heavy atom. The van der Waals surface area contributed by atoms with E-state index in [2.05, 4.69) is 33.5 Å². The number of aryl methyl sites for hydroxylation is 1. The first kappa shape index (κ1) is 23.5. The Balaban J connectivity index is 1.71. The molecule has 0 atom stereocenters. The van der Waals surface area contributed by atoms with Gasteiger partial charge < -0.3 is 19.4 Å². The molecule has 0 aliphatic carbocycles. The number of hydrogen-bond donors (Lipinski definition) is 0. The third-order valence-corrected chi connectivity index (χ3v) is 7.07. The van der Waals surface area contributed by atoms with Gasteiger partial charge in [-0.3, -0.25) is 4.79 Å². The monoisotopic (exact) mass is 467 g/mol. The zero-order chi connectivity index (χ0) is 23.2. The Kier molecular flexibility index (Phi) is 7.80. The van der Waals surface area contributed by atoms with E-state index in [1.165, 1.54) is 11.3 Å². The summed E-state index contributed by atoms with van der Waals surface area (Å²) in [4.78, 5) is 20.8. The molecule has 1 saturated heterocycles. The SMILES string of the molecule is CCN1CCN(c2c(CN(CCOC)C(=O)c3cccs3)c(C)nn2-c2ccccc2)CC1. The van der Waals surface area contributed by atoms with Crippen LogP contribution in [0.4, 0.5) is 5.82 Å². The van der Waals surface area contributed by atoms with E-state index >= 15 is 0 Å². The van der Waals surface area contributed by atoms with Gasteiger partial charge in [0.1, 0.15) is 5.82 Å². The number of aromatic nitrogens is 2.